The van der Waals surface area contributed by atoms with Crippen molar-refractivity contribution in [2.24, 2.45) is 0 Å². The van der Waals surface area contributed by atoms with Crippen LogP contribution < -0.4 is 10.2 Å². The van der Waals surface area contributed by atoms with E-state index in [0.29, 0.717) is 18.7 Å². The molecule has 0 fully saturated rings. The molecule has 4 nitrogen and oxygen atoms in total. The van der Waals surface area contributed by atoms with E-state index in [1.54, 1.807) is 4.90 Å². The van der Waals surface area contributed by atoms with Crippen LogP contribution in [-0.4, -0.2) is 18.4 Å². The number of amides is 2. The second-order valence-corrected chi connectivity index (χ2v) is 6.84. The zero-order valence-electron chi connectivity index (χ0n) is 13.5. The lowest BCUT2D eigenvalue weighted by Crippen LogP contribution is -2.30. The first-order valence-electron chi connectivity index (χ1n) is 7.99. The number of carbonyl (C=O) groups is 2. The van der Waals surface area contributed by atoms with Crippen molar-refractivity contribution in [3.63, 3.8) is 0 Å². The van der Waals surface area contributed by atoms with E-state index in [1.165, 1.54) is 6.92 Å². The van der Waals surface area contributed by atoms with Gasteiger partial charge in [0.2, 0.25) is 11.8 Å². The third-order valence-corrected chi connectivity index (χ3v) is 4.57. The number of nitrogens with zero attached hydrogens (tertiary/aromatic N) is 1. The highest BCUT2D eigenvalue weighted by molar-refractivity contribution is 9.10. The molecule has 0 unspecified atom stereocenters. The van der Waals surface area contributed by atoms with Crippen molar-refractivity contribution in [3.8, 4) is 0 Å². The minimum absolute atomic E-state index is 0.0894. The SMILES string of the molecule is CC(=O)Nc1cc(Br)cc2c1N(C(=O)CCc1ccccc1)CC2. The number of aryl methyl sites for hydroxylation is 1. The van der Waals surface area contributed by atoms with Gasteiger partial charge in [0.15, 0.2) is 0 Å². The molecule has 0 aliphatic carbocycles. The molecular weight excluding hydrogens is 368 g/mol. The van der Waals surface area contributed by atoms with Gasteiger partial charge in [0.1, 0.15) is 0 Å². The largest absolute Gasteiger partial charge is 0.324 e. The van der Waals surface area contributed by atoms with Crippen LogP contribution in [0.4, 0.5) is 11.4 Å². The Kier molecular flexibility index (Phi) is 5.00. The molecule has 0 saturated heterocycles. The zero-order valence-corrected chi connectivity index (χ0v) is 15.1. The Balaban J connectivity index is 1.80. The number of rotatable bonds is 4. The summed E-state index contributed by atoms with van der Waals surface area (Å²) in [4.78, 5) is 26.0. The first-order chi connectivity index (χ1) is 11.5. The summed E-state index contributed by atoms with van der Waals surface area (Å²) in [6.45, 7) is 2.13. The van der Waals surface area contributed by atoms with Crippen LogP contribution in [0.15, 0.2) is 46.9 Å². The Morgan fingerprint density at radius 1 is 1.21 bits per heavy atom. The van der Waals surface area contributed by atoms with Crippen LogP contribution >= 0.6 is 15.9 Å². The van der Waals surface area contributed by atoms with E-state index in [1.807, 2.05) is 42.5 Å². The molecular formula is C19H19BrN2O2. The van der Waals surface area contributed by atoms with Crippen molar-refractivity contribution < 1.29 is 9.59 Å². The molecule has 1 aliphatic rings. The summed E-state index contributed by atoms with van der Waals surface area (Å²) >= 11 is 3.47. The maximum Gasteiger partial charge on any atom is 0.227 e. The minimum atomic E-state index is -0.140. The summed E-state index contributed by atoms with van der Waals surface area (Å²) in [5.74, 6) is -0.0505. The smallest absolute Gasteiger partial charge is 0.227 e. The summed E-state index contributed by atoms with van der Waals surface area (Å²) in [6.07, 6.45) is 1.98. The number of carbonyl (C=O) groups excluding carboxylic acids is 2. The van der Waals surface area contributed by atoms with Gasteiger partial charge in [-0.25, -0.2) is 0 Å². The van der Waals surface area contributed by atoms with Crippen molar-refractivity contribution >= 4 is 39.1 Å². The molecule has 0 bridgehead atoms. The Morgan fingerprint density at radius 2 is 1.96 bits per heavy atom. The number of benzene rings is 2. The van der Waals surface area contributed by atoms with E-state index in [-0.39, 0.29) is 11.8 Å². The molecule has 1 N–H and O–H groups in total. The fourth-order valence-corrected chi connectivity index (χ4v) is 3.58. The highest BCUT2D eigenvalue weighted by Crippen LogP contribution is 2.38. The van der Waals surface area contributed by atoms with Crippen molar-refractivity contribution in [2.75, 3.05) is 16.8 Å². The Labute approximate surface area is 150 Å². The molecule has 3 rings (SSSR count). The molecule has 1 heterocycles. The molecule has 124 valence electrons. The Hall–Kier alpha value is -2.14. The topological polar surface area (TPSA) is 49.4 Å². The molecule has 2 amide bonds. The van der Waals surface area contributed by atoms with Crippen molar-refractivity contribution in [1.82, 2.24) is 0 Å². The highest BCUT2D eigenvalue weighted by Gasteiger charge is 2.28. The summed E-state index contributed by atoms with van der Waals surface area (Å²) in [7, 11) is 0. The Morgan fingerprint density at radius 3 is 2.67 bits per heavy atom. The lowest BCUT2D eigenvalue weighted by Gasteiger charge is -2.21. The summed E-state index contributed by atoms with van der Waals surface area (Å²) in [6, 6.07) is 13.9. The normalized spacial score (nSPS) is 12.8. The fraction of sp³-hybridized carbons (Fsp3) is 0.263. The van der Waals surface area contributed by atoms with Crippen LogP contribution in [0.2, 0.25) is 0 Å². The summed E-state index contributed by atoms with van der Waals surface area (Å²) in [5, 5.41) is 2.84. The lowest BCUT2D eigenvalue weighted by atomic mass is 10.1. The number of nitrogens with one attached hydrogen (secondary N) is 1. The third kappa shape index (κ3) is 3.67. The first kappa shape index (κ1) is 16.7. The van der Waals surface area contributed by atoms with Gasteiger partial charge in [-0.05, 0) is 36.1 Å². The van der Waals surface area contributed by atoms with Gasteiger partial charge in [-0.1, -0.05) is 46.3 Å². The molecule has 24 heavy (non-hydrogen) atoms. The van der Waals surface area contributed by atoms with Crippen LogP contribution in [0.1, 0.15) is 24.5 Å². The van der Waals surface area contributed by atoms with Gasteiger partial charge < -0.3 is 10.2 Å². The van der Waals surface area contributed by atoms with Crippen molar-refractivity contribution in [1.29, 1.82) is 0 Å². The molecule has 0 spiro atoms. The molecule has 5 heteroatoms. The monoisotopic (exact) mass is 386 g/mol. The molecule has 0 aromatic heterocycles. The molecule has 1 aliphatic heterocycles. The van der Waals surface area contributed by atoms with Crippen molar-refractivity contribution in [2.45, 2.75) is 26.2 Å². The van der Waals surface area contributed by atoms with Gasteiger partial charge >= 0.3 is 0 Å². The zero-order chi connectivity index (χ0) is 17.1. The van der Waals surface area contributed by atoms with Gasteiger partial charge in [0.25, 0.3) is 0 Å². The third-order valence-electron chi connectivity index (χ3n) is 4.11. The van der Waals surface area contributed by atoms with Gasteiger partial charge in [-0.15, -0.1) is 0 Å². The van der Waals surface area contributed by atoms with E-state index in [9.17, 15) is 9.59 Å². The second kappa shape index (κ2) is 7.18. The molecule has 0 atom stereocenters. The maximum atomic E-state index is 12.7. The summed E-state index contributed by atoms with van der Waals surface area (Å²) < 4.78 is 0.906. The first-order valence-corrected chi connectivity index (χ1v) is 8.78. The van der Waals surface area contributed by atoms with Crippen LogP contribution in [0.5, 0.6) is 0 Å². The van der Waals surface area contributed by atoms with E-state index in [4.69, 9.17) is 0 Å². The lowest BCUT2D eigenvalue weighted by molar-refractivity contribution is -0.118. The quantitative estimate of drug-likeness (QED) is 0.864. The van der Waals surface area contributed by atoms with Crippen LogP contribution in [0, 0.1) is 0 Å². The summed E-state index contributed by atoms with van der Waals surface area (Å²) in [5.41, 5.74) is 3.77. The van der Waals surface area contributed by atoms with Gasteiger partial charge in [-0.3, -0.25) is 9.59 Å². The number of anilines is 2. The molecule has 2 aromatic rings. The predicted octanol–water partition coefficient (Wildman–Crippen LogP) is 3.93. The number of hydrogen-bond donors (Lipinski definition) is 1. The highest BCUT2D eigenvalue weighted by atomic mass is 79.9. The molecule has 0 saturated carbocycles. The van der Waals surface area contributed by atoms with Gasteiger partial charge in [0.05, 0.1) is 11.4 Å². The number of hydrogen-bond acceptors (Lipinski definition) is 2. The average Bonchev–Trinajstić information content (AvgIpc) is 2.97. The van der Waals surface area contributed by atoms with E-state index in [2.05, 4.69) is 21.2 Å². The fourth-order valence-electron chi connectivity index (χ4n) is 3.07. The van der Waals surface area contributed by atoms with Gasteiger partial charge in [0, 0.05) is 24.4 Å². The average molecular weight is 387 g/mol. The van der Waals surface area contributed by atoms with Crippen molar-refractivity contribution in [3.05, 3.63) is 58.1 Å². The van der Waals surface area contributed by atoms with Crippen LogP contribution in [-0.2, 0) is 22.4 Å². The van der Waals surface area contributed by atoms with E-state index in [0.717, 1.165) is 34.1 Å². The van der Waals surface area contributed by atoms with Crippen LogP contribution in [0.3, 0.4) is 0 Å². The van der Waals surface area contributed by atoms with E-state index >= 15 is 0 Å². The number of fused-ring (bicyclic) bond motifs is 1. The Bertz CT molecular complexity index is 774. The van der Waals surface area contributed by atoms with Crippen LogP contribution in [0.25, 0.3) is 0 Å². The van der Waals surface area contributed by atoms with Gasteiger partial charge in [-0.2, -0.15) is 0 Å². The minimum Gasteiger partial charge on any atom is -0.324 e. The number of halogens is 1. The maximum absolute atomic E-state index is 12.7. The van der Waals surface area contributed by atoms with E-state index < -0.39 is 0 Å². The predicted molar refractivity (Wildman–Crippen MR) is 99.3 cm³/mol. The molecule has 2 aromatic carbocycles. The molecule has 0 radical (unpaired) electrons. The second-order valence-electron chi connectivity index (χ2n) is 5.92. The standard InChI is InChI=1S/C19H19BrN2O2/c1-13(23)21-17-12-16(20)11-15-9-10-22(19(15)17)18(24)8-7-14-5-3-2-4-6-14/h2-6,11-12H,7-10H2,1H3,(H,21,23).